The van der Waals surface area contributed by atoms with Crippen molar-refractivity contribution in [2.45, 2.75) is 44.7 Å². The van der Waals surface area contributed by atoms with Crippen LogP contribution in [0.4, 0.5) is 5.82 Å². The predicted molar refractivity (Wildman–Crippen MR) is 151 cm³/mol. The summed E-state index contributed by atoms with van der Waals surface area (Å²) < 4.78 is 42.9. The van der Waals surface area contributed by atoms with Gasteiger partial charge in [0.25, 0.3) is 0 Å². The van der Waals surface area contributed by atoms with Crippen LogP contribution in [0.2, 0.25) is 0 Å². The summed E-state index contributed by atoms with van der Waals surface area (Å²) in [5.74, 6) is -0.345. The molecular formula is C28H30N5O9P. The lowest BCUT2D eigenvalue weighted by atomic mass is 9.92. The summed E-state index contributed by atoms with van der Waals surface area (Å²) in [5.41, 5.74) is 3.36. The van der Waals surface area contributed by atoms with Crippen molar-refractivity contribution in [3.05, 3.63) is 66.6 Å². The molecule has 1 aliphatic rings. The van der Waals surface area contributed by atoms with E-state index in [-0.39, 0.29) is 17.3 Å². The van der Waals surface area contributed by atoms with Gasteiger partial charge in [-0.3, -0.25) is 9.32 Å². The minimum absolute atomic E-state index is 0.0775. The first-order valence-electron chi connectivity index (χ1n) is 13.2. The number of anilines is 1. The molecule has 1 saturated heterocycles. The van der Waals surface area contributed by atoms with Crippen LogP contribution < -0.4 is 10.3 Å². The maximum atomic E-state index is 13.9. The van der Waals surface area contributed by atoms with Crippen molar-refractivity contribution in [3.63, 3.8) is 0 Å². The quantitative estimate of drug-likeness (QED) is 0.142. The molecule has 0 spiro atoms. The average molecular weight is 612 g/mol. The topological polar surface area (TPSA) is 201 Å². The van der Waals surface area contributed by atoms with E-state index < -0.39 is 56.5 Å². The molecule has 0 aliphatic carbocycles. The third kappa shape index (κ3) is 5.79. The number of benzene rings is 2. The number of phosphoric ester groups is 1. The number of phosphoric acid groups is 1. The van der Waals surface area contributed by atoms with Crippen LogP contribution in [-0.4, -0.2) is 62.5 Å². The third-order valence-corrected chi connectivity index (χ3v) is 8.16. The SMILES string of the molecule is CC(C)(C)C(=O)OCO[P@](=O)(OC[C@H]1O[C@@](C#N)(c2ccc3c(N)ncnn23)[C@H](O)[C@@H]1O)Oc1cccc2ccccc12. The number of carbonyl (C=O) groups is 1. The summed E-state index contributed by atoms with van der Waals surface area (Å²) in [6.07, 6.45) is -3.66. The first-order valence-corrected chi connectivity index (χ1v) is 14.6. The molecule has 5 atom stereocenters. The number of esters is 1. The molecule has 1 fully saturated rings. The summed E-state index contributed by atoms with van der Waals surface area (Å²) in [5, 5.41) is 37.5. The second kappa shape index (κ2) is 11.5. The second-order valence-electron chi connectivity index (χ2n) is 10.8. The van der Waals surface area contributed by atoms with Crippen molar-refractivity contribution in [1.29, 1.82) is 5.26 Å². The van der Waals surface area contributed by atoms with Crippen molar-refractivity contribution < 1.29 is 42.6 Å². The maximum Gasteiger partial charge on any atom is 0.533 e. The minimum Gasteiger partial charge on any atom is -0.437 e. The number of rotatable bonds is 9. The van der Waals surface area contributed by atoms with Gasteiger partial charge in [0.15, 0.2) is 5.82 Å². The van der Waals surface area contributed by atoms with Crippen LogP contribution in [0.15, 0.2) is 60.9 Å². The molecule has 0 bridgehead atoms. The highest BCUT2D eigenvalue weighted by molar-refractivity contribution is 7.48. The highest BCUT2D eigenvalue weighted by Gasteiger charge is 2.58. The third-order valence-electron chi connectivity index (χ3n) is 6.86. The van der Waals surface area contributed by atoms with E-state index >= 15 is 0 Å². The molecule has 15 heteroatoms. The van der Waals surface area contributed by atoms with Gasteiger partial charge in [-0.25, -0.2) is 18.6 Å². The highest BCUT2D eigenvalue weighted by atomic mass is 31.2. The molecule has 0 saturated carbocycles. The average Bonchev–Trinajstić information content (AvgIpc) is 3.52. The molecule has 0 unspecified atom stereocenters. The fraction of sp³-hybridized carbons (Fsp3) is 0.357. The van der Waals surface area contributed by atoms with E-state index in [1.165, 1.54) is 23.0 Å². The summed E-state index contributed by atoms with van der Waals surface area (Å²) in [6.45, 7) is 3.49. The molecule has 0 amide bonds. The van der Waals surface area contributed by atoms with E-state index in [2.05, 4.69) is 10.1 Å². The van der Waals surface area contributed by atoms with Gasteiger partial charge in [-0.15, -0.1) is 0 Å². The molecule has 3 heterocycles. The Kier molecular flexibility index (Phi) is 8.15. The Bertz CT molecular complexity index is 1740. The van der Waals surface area contributed by atoms with Gasteiger partial charge in [0.2, 0.25) is 12.4 Å². The van der Waals surface area contributed by atoms with E-state index in [1.807, 2.05) is 24.3 Å². The van der Waals surface area contributed by atoms with Crippen molar-refractivity contribution in [3.8, 4) is 11.8 Å². The van der Waals surface area contributed by atoms with Gasteiger partial charge in [-0.2, -0.15) is 10.4 Å². The molecule has 4 N–H and O–H groups in total. The van der Waals surface area contributed by atoms with E-state index in [0.717, 1.165) is 5.39 Å². The first kappa shape index (κ1) is 30.4. The lowest BCUT2D eigenvalue weighted by Crippen LogP contribution is -2.41. The van der Waals surface area contributed by atoms with E-state index in [1.54, 1.807) is 45.0 Å². The number of carbonyl (C=O) groups excluding carboxylic acids is 1. The van der Waals surface area contributed by atoms with Gasteiger partial charge < -0.3 is 29.9 Å². The number of fused-ring (bicyclic) bond motifs is 2. The number of ether oxygens (including phenoxy) is 2. The van der Waals surface area contributed by atoms with Crippen LogP contribution in [0.1, 0.15) is 26.5 Å². The molecule has 5 rings (SSSR count). The summed E-state index contributed by atoms with van der Waals surface area (Å²) in [4.78, 5) is 16.2. The monoisotopic (exact) mass is 611 g/mol. The molecule has 43 heavy (non-hydrogen) atoms. The van der Waals surface area contributed by atoms with Gasteiger partial charge in [0.1, 0.15) is 42.0 Å². The van der Waals surface area contributed by atoms with Gasteiger partial charge in [0.05, 0.1) is 17.7 Å². The Hall–Kier alpha value is -4.09. The number of aromatic nitrogens is 3. The van der Waals surface area contributed by atoms with Crippen molar-refractivity contribution in [2.24, 2.45) is 5.41 Å². The number of aliphatic hydroxyl groups excluding tert-OH is 2. The second-order valence-corrected chi connectivity index (χ2v) is 12.4. The highest BCUT2D eigenvalue weighted by Crippen LogP contribution is 2.52. The maximum absolute atomic E-state index is 13.9. The molecule has 226 valence electrons. The van der Waals surface area contributed by atoms with E-state index in [9.17, 15) is 24.8 Å². The van der Waals surface area contributed by atoms with Gasteiger partial charge >= 0.3 is 13.8 Å². The largest absolute Gasteiger partial charge is 0.533 e. The van der Waals surface area contributed by atoms with Crippen LogP contribution >= 0.6 is 7.82 Å². The van der Waals surface area contributed by atoms with Crippen LogP contribution in [0.3, 0.4) is 0 Å². The van der Waals surface area contributed by atoms with Crippen LogP contribution in [-0.2, 0) is 33.5 Å². The Labute approximate surface area is 246 Å². The molecular weight excluding hydrogens is 581 g/mol. The summed E-state index contributed by atoms with van der Waals surface area (Å²) in [7, 11) is -4.58. The van der Waals surface area contributed by atoms with Gasteiger partial charge in [0, 0.05) is 5.39 Å². The number of hydrogen-bond donors (Lipinski definition) is 3. The molecule has 14 nitrogen and oxygen atoms in total. The lowest BCUT2D eigenvalue weighted by Gasteiger charge is -2.24. The fourth-order valence-electron chi connectivity index (χ4n) is 4.56. The number of aliphatic hydroxyl groups is 2. The zero-order valence-corrected chi connectivity index (χ0v) is 24.4. The zero-order chi connectivity index (χ0) is 31.0. The van der Waals surface area contributed by atoms with Crippen molar-refractivity contribution in [2.75, 3.05) is 19.1 Å². The molecule has 1 aliphatic heterocycles. The normalized spacial score (nSPS) is 23.6. The molecule has 2 aromatic heterocycles. The van der Waals surface area contributed by atoms with Crippen molar-refractivity contribution in [1.82, 2.24) is 14.6 Å². The Balaban J connectivity index is 1.40. The van der Waals surface area contributed by atoms with E-state index in [0.29, 0.717) is 10.9 Å². The number of nitrogen functional groups attached to an aromatic ring is 1. The number of nitrogens with two attached hydrogens (primary N) is 1. The standard InChI is InChI=1S/C28H30N5O9P/c1-27(2,3)26(36)38-16-40-43(37,42-20-10-6-8-17-7-4-5-9-18(17)20)39-13-21-23(34)24(35)28(14-29,41-21)22-12-11-19-25(30)31-15-32-33(19)22/h4-12,15,21,23-24,34-35H,13,16H2,1-3H3,(H2,30,31,32)/t21-,23-,24-,28+,43+/m1/s1. The zero-order valence-electron chi connectivity index (χ0n) is 23.5. The minimum atomic E-state index is -4.58. The van der Waals surface area contributed by atoms with Gasteiger partial charge in [-0.05, 0) is 44.4 Å². The predicted octanol–water partition coefficient (Wildman–Crippen LogP) is 3.07. The molecule has 0 radical (unpaired) electrons. The van der Waals surface area contributed by atoms with E-state index in [4.69, 9.17) is 28.8 Å². The number of nitrogens with zero attached hydrogens (tertiary/aromatic N) is 4. The van der Waals surface area contributed by atoms with Crippen molar-refractivity contribution >= 4 is 35.9 Å². The number of nitriles is 1. The number of hydrogen-bond acceptors (Lipinski definition) is 13. The van der Waals surface area contributed by atoms with Crippen LogP contribution in [0.5, 0.6) is 5.75 Å². The first-order chi connectivity index (χ1) is 20.4. The smallest absolute Gasteiger partial charge is 0.437 e. The Morgan fingerprint density at radius 2 is 1.91 bits per heavy atom. The Morgan fingerprint density at radius 1 is 1.16 bits per heavy atom. The molecule has 2 aromatic carbocycles. The van der Waals surface area contributed by atoms with Gasteiger partial charge in [-0.1, -0.05) is 36.4 Å². The lowest BCUT2D eigenvalue weighted by molar-refractivity contribution is -0.160. The Morgan fingerprint density at radius 3 is 2.65 bits per heavy atom. The van der Waals surface area contributed by atoms with Crippen LogP contribution in [0.25, 0.3) is 16.3 Å². The van der Waals surface area contributed by atoms with Crippen LogP contribution in [0, 0.1) is 16.7 Å². The fourth-order valence-corrected chi connectivity index (χ4v) is 5.65. The summed E-state index contributed by atoms with van der Waals surface area (Å²) >= 11 is 0. The molecule has 4 aromatic rings. The summed E-state index contributed by atoms with van der Waals surface area (Å²) in [6, 6.07) is 17.1.